The first-order valence-corrected chi connectivity index (χ1v) is 12.5. The molecule has 4 rings (SSSR count). The molecule has 1 aromatic heterocycles. The fraction of sp³-hybridized carbons (Fsp3) is 0.379. The highest BCUT2D eigenvalue weighted by Gasteiger charge is 2.21. The van der Waals surface area contributed by atoms with Crippen molar-refractivity contribution in [1.29, 1.82) is 0 Å². The number of anilines is 2. The number of hydrogen-bond donors (Lipinski definition) is 1. The van der Waals surface area contributed by atoms with Gasteiger partial charge in [-0.3, -0.25) is 9.78 Å². The summed E-state index contributed by atoms with van der Waals surface area (Å²) in [6.45, 7) is 3.44. The van der Waals surface area contributed by atoms with Crippen LogP contribution in [0.2, 0.25) is 0 Å². The van der Waals surface area contributed by atoms with E-state index in [4.69, 9.17) is 0 Å². The minimum Gasteiger partial charge on any atom is -0.374 e. The van der Waals surface area contributed by atoms with Crippen molar-refractivity contribution in [3.8, 4) is 0 Å². The van der Waals surface area contributed by atoms with Crippen LogP contribution in [0.15, 0.2) is 73.1 Å². The molecule has 0 radical (unpaired) electrons. The Morgan fingerprint density at radius 1 is 0.971 bits per heavy atom. The highest BCUT2D eigenvalue weighted by Crippen LogP contribution is 2.28. The maximum absolute atomic E-state index is 13.5. The molecule has 1 aliphatic heterocycles. The first-order chi connectivity index (χ1) is 16.7. The fourth-order valence-corrected chi connectivity index (χ4v) is 4.54. The lowest BCUT2D eigenvalue weighted by Crippen LogP contribution is -2.34. The van der Waals surface area contributed by atoms with E-state index in [0.717, 1.165) is 51.1 Å². The highest BCUT2D eigenvalue weighted by molar-refractivity contribution is 6.06. The molecule has 1 amide bonds. The first-order valence-electron chi connectivity index (χ1n) is 12.5. The third-order valence-electron chi connectivity index (χ3n) is 6.60. The summed E-state index contributed by atoms with van der Waals surface area (Å²) in [6.07, 6.45) is 10.2. The van der Waals surface area contributed by atoms with E-state index in [2.05, 4.69) is 70.8 Å². The molecule has 3 aromatic rings. The van der Waals surface area contributed by atoms with Crippen LogP contribution in [0.3, 0.4) is 0 Å². The Bertz CT molecular complexity index is 1040. The van der Waals surface area contributed by atoms with Crippen molar-refractivity contribution in [1.82, 2.24) is 10.3 Å². The van der Waals surface area contributed by atoms with Crippen LogP contribution in [0.25, 0.3) is 0 Å². The molecular formula is C29H36N4O. The summed E-state index contributed by atoms with van der Waals surface area (Å²) in [5, 5.41) is 3.62. The quantitative estimate of drug-likeness (QED) is 0.554. The number of aromatic nitrogens is 1. The average molecular weight is 457 g/mol. The summed E-state index contributed by atoms with van der Waals surface area (Å²) in [5.41, 5.74) is 5.39. The Morgan fingerprint density at radius 2 is 1.74 bits per heavy atom. The number of nitrogens with zero attached hydrogens (tertiary/aromatic N) is 3. The van der Waals surface area contributed by atoms with Crippen molar-refractivity contribution in [2.75, 3.05) is 36.5 Å². The van der Waals surface area contributed by atoms with Gasteiger partial charge in [0.05, 0.1) is 0 Å². The van der Waals surface area contributed by atoms with Gasteiger partial charge in [-0.1, -0.05) is 49.6 Å². The molecule has 0 unspecified atom stereocenters. The van der Waals surface area contributed by atoms with Gasteiger partial charge in [0.2, 0.25) is 0 Å². The van der Waals surface area contributed by atoms with Crippen LogP contribution in [0, 0.1) is 0 Å². The molecule has 0 atom stereocenters. The second-order valence-electron chi connectivity index (χ2n) is 9.11. The Labute approximate surface area is 203 Å². The molecule has 0 fully saturated rings. The summed E-state index contributed by atoms with van der Waals surface area (Å²) < 4.78 is 0. The average Bonchev–Trinajstić information content (AvgIpc) is 2.88. The third-order valence-corrected chi connectivity index (χ3v) is 6.60. The predicted octanol–water partition coefficient (Wildman–Crippen LogP) is 5.46. The Kier molecular flexibility index (Phi) is 8.69. The number of rotatable bonds is 5. The van der Waals surface area contributed by atoms with Gasteiger partial charge >= 0.3 is 0 Å². The van der Waals surface area contributed by atoms with Crippen LogP contribution in [0.5, 0.6) is 0 Å². The fourth-order valence-electron chi connectivity index (χ4n) is 4.54. The van der Waals surface area contributed by atoms with Crippen LogP contribution >= 0.6 is 0 Å². The van der Waals surface area contributed by atoms with Gasteiger partial charge in [0.25, 0.3) is 5.91 Å². The monoisotopic (exact) mass is 456 g/mol. The van der Waals surface area contributed by atoms with Gasteiger partial charge in [-0.25, -0.2) is 0 Å². The molecule has 0 saturated carbocycles. The number of amides is 1. The van der Waals surface area contributed by atoms with Gasteiger partial charge in [0.1, 0.15) is 0 Å². The summed E-state index contributed by atoms with van der Waals surface area (Å²) in [5.74, 6) is 0.0471. The van der Waals surface area contributed by atoms with Crippen molar-refractivity contribution < 1.29 is 4.79 Å². The van der Waals surface area contributed by atoms with E-state index in [0.29, 0.717) is 5.56 Å². The van der Waals surface area contributed by atoms with Crippen molar-refractivity contribution in [3.05, 3.63) is 89.7 Å². The number of likely N-dealkylation sites (N-methyl/N-ethyl adjacent to an activating group) is 1. The smallest absolute Gasteiger partial charge is 0.258 e. The Balaban J connectivity index is 1.60. The molecule has 0 bridgehead atoms. The standard InChI is InChI=1S/C29H36N4O/c1-32(21-16-24-10-6-5-7-11-24)27-12-13-28-26(22-27)23-31-17-8-3-2-4-9-20-33(28)29(34)25-14-18-30-19-15-25/h5-7,10-15,18-19,22,31H,2-4,8-9,16-17,20-21,23H2,1H3. The van der Waals surface area contributed by atoms with E-state index in [1.165, 1.54) is 36.1 Å². The second-order valence-corrected chi connectivity index (χ2v) is 9.11. The van der Waals surface area contributed by atoms with E-state index in [-0.39, 0.29) is 5.91 Å². The van der Waals surface area contributed by atoms with Crippen LogP contribution in [0.4, 0.5) is 11.4 Å². The third kappa shape index (κ3) is 6.45. The van der Waals surface area contributed by atoms with E-state index in [9.17, 15) is 4.79 Å². The number of nitrogens with one attached hydrogen (secondary N) is 1. The summed E-state index contributed by atoms with van der Waals surface area (Å²) in [7, 11) is 2.15. The van der Waals surface area contributed by atoms with E-state index in [1.807, 2.05) is 17.0 Å². The summed E-state index contributed by atoms with van der Waals surface area (Å²) in [4.78, 5) is 21.9. The molecule has 0 saturated heterocycles. The normalized spacial score (nSPS) is 15.0. The largest absolute Gasteiger partial charge is 0.374 e. The zero-order valence-electron chi connectivity index (χ0n) is 20.2. The van der Waals surface area contributed by atoms with Crippen LogP contribution in [-0.4, -0.2) is 37.6 Å². The zero-order chi connectivity index (χ0) is 23.6. The molecule has 0 aliphatic carbocycles. The molecule has 2 aromatic carbocycles. The number of pyridine rings is 1. The van der Waals surface area contributed by atoms with Gasteiger partial charge < -0.3 is 15.1 Å². The number of fused-ring (bicyclic) bond motifs is 1. The van der Waals surface area contributed by atoms with Crippen LogP contribution in [-0.2, 0) is 13.0 Å². The number of carbonyl (C=O) groups excluding carboxylic acids is 1. The van der Waals surface area contributed by atoms with Gasteiger partial charge in [-0.05, 0) is 67.3 Å². The summed E-state index contributed by atoms with van der Waals surface area (Å²) in [6, 6.07) is 20.8. The molecule has 1 aliphatic rings. The van der Waals surface area contributed by atoms with Gasteiger partial charge in [-0.15, -0.1) is 0 Å². The molecule has 1 N–H and O–H groups in total. The highest BCUT2D eigenvalue weighted by atomic mass is 16.2. The lowest BCUT2D eigenvalue weighted by molar-refractivity contribution is 0.0986. The maximum atomic E-state index is 13.5. The molecule has 2 heterocycles. The van der Waals surface area contributed by atoms with E-state index in [1.54, 1.807) is 12.4 Å². The molecule has 178 valence electrons. The molecule has 5 nitrogen and oxygen atoms in total. The van der Waals surface area contributed by atoms with Crippen LogP contribution in [0.1, 0.15) is 53.6 Å². The molecule has 5 heteroatoms. The topological polar surface area (TPSA) is 48.5 Å². The SMILES string of the molecule is CN(CCc1ccccc1)c1ccc2c(c1)CNCCCCCCCN2C(=O)c1ccncc1. The maximum Gasteiger partial charge on any atom is 0.258 e. The minimum absolute atomic E-state index is 0.0471. The summed E-state index contributed by atoms with van der Waals surface area (Å²) >= 11 is 0. The van der Waals surface area contributed by atoms with Gasteiger partial charge in [0.15, 0.2) is 0 Å². The van der Waals surface area contributed by atoms with E-state index < -0.39 is 0 Å². The Hall–Kier alpha value is -3.18. The minimum atomic E-state index is 0.0471. The predicted molar refractivity (Wildman–Crippen MR) is 141 cm³/mol. The molecule has 34 heavy (non-hydrogen) atoms. The van der Waals surface area contributed by atoms with E-state index >= 15 is 0 Å². The molecule has 0 spiro atoms. The van der Waals surface area contributed by atoms with Crippen molar-refractivity contribution in [2.45, 2.75) is 45.1 Å². The molecular weight excluding hydrogens is 420 g/mol. The number of hydrogen-bond acceptors (Lipinski definition) is 4. The second kappa shape index (κ2) is 12.3. The lowest BCUT2D eigenvalue weighted by Gasteiger charge is -2.28. The van der Waals surface area contributed by atoms with Crippen molar-refractivity contribution in [2.24, 2.45) is 0 Å². The van der Waals surface area contributed by atoms with Gasteiger partial charge in [-0.2, -0.15) is 0 Å². The van der Waals surface area contributed by atoms with Crippen LogP contribution < -0.4 is 15.1 Å². The first kappa shape index (κ1) is 24.0. The van der Waals surface area contributed by atoms with Gasteiger partial charge in [0, 0.05) is 56.0 Å². The number of benzene rings is 2. The lowest BCUT2D eigenvalue weighted by atomic mass is 10.1. The zero-order valence-corrected chi connectivity index (χ0v) is 20.2. The Morgan fingerprint density at radius 3 is 2.56 bits per heavy atom. The van der Waals surface area contributed by atoms with Crippen molar-refractivity contribution in [3.63, 3.8) is 0 Å². The van der Waals surface area contributed by atoms with Crippen molar-refractivity contribution >= 4 is 17.3 Å². The number of carbonyl (C=O) groups is 1.